The summed E-state index contributed by atoms with van der Waals surface area (Å²) < 4.78 is 20.9. The van der Waals surface area contributed by atoms with Gasteiger partial charge in [-0.2, -0.15) is 0 Å². The minimum absolute atomic E-state index is 0.00660. The van der Waals surface area contributed by atoms with Crippen LogP contribution in [0.4, 0.5) is 11.4 Å². The molecule has 0 bridgehead atoms. The number of hydrogen-bond donors (Lipinski definition) is 3. The molecule has 0 aliphatic carbocycles. The summed E-state index contributed by atoms with van der Waals surface area (Å²) in [7, 11) is -1.16. The molecular weight excluding hydrogens is 636 g/mol. The predicted octanol–water partition coefficient (Wildman–Crippen LogP) is 2.15. The van der Waals surface area contributed by atoms with Crippen molar-refractivity contribution in [3.63, 3.8) is 0 Å². The van der Waals surface area contributed by atoms with Gasteiger partial charge in [-0.15, -0.1) is 0 Å². The molecule has 48 heavy (non-hydrogen) atoms. The van der Waals surface area contributed by atoms with E-state index < -0.39 is 22.9 Å². The Labute approximate surface area is 282 Å². The Balaban J connectivity index is 0.924. The lowest BCUT2D eigenvalue weighted by Crippen LogP contribution is -2.56. The van der Waals surface area contributed by atoms with Gasteiger partial charge < -0.3 is 25.2 Å². The minimum atomic E-state index is -1.16. The third-order valence-corrected chi connectivity index (χ3v) is 11.2. The topological polar surface area (TPSA) is 157 Å². The van der Waals surface area contributed by atoms with Crippen molar-refractivity contribution in [1.29, 1.82) is 0 Å². The van der Waals surface area contributed by atoms with Gasteiger partial charge in [0.2, 0.25) is 23.6 Å². The van der Waals surface area contributed by atoms with Gasteiger partial charge in [0.05, 0.1) is 29.4 Å². The Morgan fingerprint density at radius 1 is 1.08 bits per heavy atom. The summed E-state index contributed by atoms with van der Waals surface area (Å²) in [6.45, 7) is 5.86. The van der Waals surface area contributed by atoms with Crippen molar-refractivity contribution >= 4 is 51.9 Å². The summed E-state index contributed by atoms with van der Waals surface area (Å²) in [5, 5.41) is 8.28. The number of amides is 5. The van der Waals surface area contributed by atoms with Gasteiger partial charge in [0, 0.05) is 60.6 Å². The summed E-state index contributed by atoms with van der Waals surface area (Å²) in [5.41, 5.74) is 3.21. The average Bonchev–Trinajstić information content (AvgIpc) is 3.35. The molecule has 0 saturated carbocycles. The molecule has 2 atom stereocenters. The zero-order valence-corrected chi connectivity index (χ0v) is 28.1. The van der Waals surface area contributed by atoms with Gasteiger partial charge in [-0.05, 0) is 62.9 Å². The van der Waals surface area contributed by atoms with Crippen LogP contribution < -0.4 is 16.0 Å². The van der Waals surface area contributed by atoms with Crippen molar-refractivity contribution < 1.29 is 32.9 Å². The zero-order valence-electron chi connectivity index (χ0n) is 27.3. The monoisotopic (exact) mass is 678 g/mol. The summed E-state index contributed by atoms with van der Waals surface area (Å²) in [5.74, 6) is -1.16. The highest BCUT2D eigenvalue weighted by molar-refractivity contribution is 7.81. The highest BCUT2D eigenvalue weighted by Crippen LogP contribution is 2.33. The van der Waals surface area contributed by atoms with Gasteiger partial charge in [-0.25, -0.2) is 8.51 Å². The number of carbonyl (C=O) groups excluding carboxylic acids is 5. The number of carbonyl (C=O) groups is 5. The van der Waals surface area contributed by atoms with Crippen molar-refractivity contribution in [3.8, 4) is 0 Å². The van der Waals surface area contributed by atoms with Gasteiger partial charge in [0.15, 0.2) is 0 Å². The Morgan fingerprint density at radius 3 is 2.65 bits per heavy atom. The number of rotatable bonds is 11. The van der Waals surface area contributed by atoms with E-state index >= 15 is 0 Å². The molecule has 2 aromatic carbocycles. The Kier molecular flexibility index (Phi) is 9.95. The van der Waals surface area contributed by atoms with Crippen LogP contribution in [-0.2, 0) is 47.2 Å². The molecule has 3 fully saturated rings. The number of piperidine rings is 2. The second-order valence-electron chi connectivity index (χ2n) is 13.4. The normalized spacial score (nSPS) is 21.7. The lowest BCUT2D eigenvalue weighted by Gasteiger charge is -2.41. The maximum absolute atomic E-state index is 13.1. The summed E-state index contributed by atoms with van der Waals surface area (Å²) in [6, 6.07) is 11.9. The first-order chi connectivity index (χ1) is 23.0. The van der Waals surface area contributed by atoms with Crippen molar-refractivity contribution in [2.24, 2.45) is 0 Å². The van der Waals surface area contributed by atoms with Crippen LogP contribution in [0, 0.1) is 0 Å². The van der Waals surface area contributed by atoms with Crippen LogP contribution in [0.15, 0.2) is 42.5 Å². The molecule has 0 radical (unpaired) electrons. The lowest BCUT2D eigenvalue weighted by atomic mass is 9.93. The molecule has 4 heterocycles. The SMILES string of the molecule is CC1(C)CCCCN1S(=O)Cc1cccc(NC(=O)COC2CN(C(=O)CNc3cccc4c3CN(C3CCC(=O)NC3=O)C4=O)C2)c1. The second kappa shape index (κ2) is 14.1. The fraction of sp³-hybridized carbons (Fsp3) is 0.500. The van der Waals surface area contributed by atoms with E-state index in [9.17, 15) is 28.2 Å². The molecule has 6 rings (SSSR count). The number of benzene rings is 2. The largest absolute Gasteiger partial charge is 0.376 e. The number of nitrogens with zero attached hydrogens (tertiary/aromatic N) is 3. The Morgan fingerprint density at radius 2 is 1.88 bits per heavy atom. The number of nitrogens with one attached hydrogen (secondary N) is 3. The standard InChI is InChI=1S/C34H42N6O7S/c1-34(2)13-3-4-14-40(34)48(46)21-22-7-5-8-23(15-22)36-30(42)20-47-24-17-38(18-24)31(43)16-35-27-10-6-9-25-26(27)19-39(33(25)45)28-11-12-29(41)37-32(28)44/h5-10,15,24,28,35H,3-4,11-14,16-21H2,1-2H3,(H,36,42)(H,37,41,44). The number of ether oxygens (including phenoxy) is 1. The van der Waals surface area contributed by atoms with Crippen molar-refractivity contribution in [2.45, 2.75) is 75.9 Å². The first-order valence-electron chi connectivity index (χ1n) is 16.4. The van der Waals surface area contributed by atoms with Crippen molar-refractivity contribution in [3.05, 3.63) is 59.2 Å². The third kappa shape index (κ3) is 7.45. The summed E-state index contributed by atoms with van der Waals surface area (Å²) in [6.07, 6.45) is 3.40. The molecule has 0 spiro atoms. The Hall–Kier alpha value is -4.14. The van der Waals surface area contributed by atoms with Crippen LogP contribution in [0.25, 0.3) is 0 Å². The molecule has 2 unspecified atom stereocenters. The van der Waals surface area contributed by atoms with Gasteiger partial charge in [0.1, 0.15) is 12.6 Å². The van der Waals surface area contributed by atoms with Gasteiger partial charge in [-0.3, -0.25) is 29.3 Å². The highest BCUT2D eigenvalue weighted by Gasteiger charge is 2.40. The summed E-state index contributed by atoms with van der Waals surface area (Å²) in [4.78, 5) is 65.6. The Bertz CT molecular complexity index is 1640. The van der Waals surface area contributed by atoms with Crippen molar-refractivity contribution in [2.75, 3.05) is 43.4 Å². The summed E-state index contributed by atoms with van der Waals surface area (Å²) >= 11 is 0. The molecule has 4 aliphatic heterocycles. The van der Waals surface area contributed by atoms with Gasteiger partial charge in [0.25, 0.3) is 5.91 Å². The number of imide groups is 1. The van der Waals surface area contributed by atoms with E-state index in [1.165, 1.54) is 4.90 Å². The van der Waals surface area contributed by atoms with Gasteiger partial charge >= 0.3 is 0 Å². The minimum Gasteiger partial charge on any atom is -0.376 e. The molecular formula is C34H42N6O7S. The van der Waals surface area contributed by atoms with E-state index in [4.69, 9.17) is 4.74 Å². The molecule has 2 aromatic rings. The highest BCUT2D eigenvalue weighted by atomic mass is 32.2. The van der Waals surface area contributed by atoms with E-state index in [2.05, 4.69) is 34.1 Å². The first kappa shape index (κ1) is 33.7. The number of anilines is 2. The maximum atomic E-state index is 13.1. The molecule has 13 nitrogen and oxygen atoms in total. The zero-order chi connectivity index (χ0) is 34.0. The van der Waals surface area contributed by atoms with Crippen LogP contribution >= 0.6 is 0 Å². The number of fused-ring (bicyclic) bond motifs is 1. The first-order valence-corrected chi connectivity index (χ1v) is 17.7. The van der Waals surface area contributed by atoms with Gasteiger partial charge in [-0.1, -0.05) is 24.6 Å². The van der Waals surface area contributed by atoms with E-state index in [1.807, 2.05) is 18.2 Å². The quantitative estimate of drug-likeness (QED) is 0.305. The molecule has 3 saturated heterocycles. The van der Waals surface area contributed by atoms with Crippen molar-refractivity contribution in [1.82, 2.24) is 19.4 Å². The fourth-order valence-corrected chi connectivity index (χ4v) is 8.34. The fourth-order valence-electron chi connectivity index (χ4n) is 6.75. The van der Waals surface area contributed by atoms with E-state index in [0.29, 0.717) is 41.3 Å². The molecule has 0 aromatic heterocycles. The molecule has 3 N–H and O–H groups in total. The van der Waals surface area contributed by atoms with Crippen LogP contribution in [-0.4, -0.2) is 98.3 Å². The maximum Gasteiger partial charge on any atom is 0.255 e. The van der Waals surface area contributed by atoms with E-state index in [1.54, 1.807) is 29.2 Å². The predicted molar refractivity (Wildman–Crippen MR) is 179 cm³/mol. The van der Waals surface area contributed by atoms with Crippen LogP contribution in [0.2, 0.25) is 0 Å². The number of likely N-dealkylation sites (tertiary alicyclic amines) is 1. The van der Waals surface area contributed by atoms with Crippen LogP contribution in [0.3, 0.4) is 0 Å². The third-order valence-electron chi connectivity index (χ3n) is 9.48. The average molecular weight is 679 g/mol. The second-order valence-corrected chi connectivity index (χ2v) is 14.8. The number of hydrogen-bond acceptors (Lipinski definition) is 8. The lowest BCUT2D eigenvalue weighted by molar-refractivity contribution is -0.145. The molecule has 14 heteroatoms. The molecule has 4 aliphatic rings. The smallest absolute Gasteiger partial charge is 0.255 e. The van der Waals surface area contributed by atoms with E-state index in [0.717, 1.165) is 31.4 Å². The van der Waals surface area contributed by atoms with Crippen LogP contribution in [0.1, 0.15) is 67.4 Å². The molecule has 5 amide bonds. The molecule has 256 valence electrons. The van der Waals surface area contributed by atoms with E-state index in [-0.39, 0.29) is 67.8 Å². The van der Waals surface area contributed by atoms with Crippen LogP contribution in [0.5, 0.6) is 0 Å².